The van der Waals surface area contributed by atoms with Crippen molar-refractivity contribution in [3.05, 3.63) is 45.5 Å². The van der Waals surface area contributed by atoms with Crippen LogP contribution in [-0.4, -0.2) is 5.78 Å². The van der Waals surface area contributed by atoms with Crippen molar-refractivity contribution in [2.24, 2.45) is 5.92 Å². The minimum absolute atomic E-state index is 0.133. The van der Waals surface area contributed by atoms with Crippen molar-refractivity contribution in [2.75, 3.05) is 0 Å². The first-order chi connectivity index (χ1) is 10.2. The number of rotatable bonds is 2. The normalized spacial score (nSPS) is 24.6. The molecule has 0 saturated carbocycles. The largest absolute Gasteiger partial charge is 0.295 e. The van der Waals surface area contributed by atoms with Crippen LogP contribution in [0.3, 0.4) is 0 Å². The first-order valence-electron chi connectivity index (χ1n) is 8.48. The number of allylic oxidation sites excluding steroid dienone is 1. The highest BCUT2D eigenvalue weighted by Crippen LogP contribution is 2.46. The van der Waals surface area contributed by atoms with Crippen molar-refractivity contribution in [1.29, 1.82) is 0 Å². The van der Waals surface area contributed by atoms with Crippen LogP contribution in [0.1, 0.15) is 78.8 Å². The molecular weight excluding hydrogens is 268 g/mol. The molecule has 0 saturated heterocycles. The topological polar surface area (TPSA) is 17.1 Å². The van der Waals surface area contributed by atoms with E-state index in [1.54, 1.807) is 6.92 Å². The van der Waals surface area contributed by atoms with Crippen molar-refractivity contribution < 1.29 is 4.79 Å². The minimum atomic E-state index is 0.133. The number of carbonyl (C=O) groups excluding carboxylic acids is 1. The lowest BCUT2D eigenvalue weighted by atomic mass is 9.76. The number of benzene rings is 1. The van der Waals surface area contributed by atoms with E-state index in [1.807, 2.05) is 0 Å². The van der Waals surface area contributed by atoms with E-state index in [0.29, 0.717) is 11.8 Å². The van der Waals surface area contributed by atoms with Crippen molar-refractivity contribution in [2.45, 2.75) is 73.1 Å². The van der Waals surface area contributed by atoms with Gasteiger partial charge in [-0.05, 0) is 98.2 Å². The molecule has 0 N–H and O–H groups in total. The zero-order chi connectivity index (χ0) is 16.8. The quantitative estimate of drug-likeness (QED) is 0.507. The van der Waals surface area contributed by atoms with Gasteiger partial charge in [-0.1, -0.05) is 20.4 Å². The molecule has 1 heteroatoms. The van der Waals surface area contributed by atoms with Crippen LogP contribution in [-0.2, 0) is 4.79 Å². The number of Topliss-reactive ketones (excluding diaryl/α,β-unsaturated/α-hetero) is 1. The molecule has 0 spiro atoms. The summed E-state index contributed by atoms with van der Waals surface area (Å²) in [6.07, 6.45) is 2.20. The van der Waals surface area contributed by atoms with Gasteiger partial charge in [-0.15, -0.1) is 0 Å². The van der Waals surface area contributed by atoms with Gasteiger partial charge in [-0.3, -0.25) is 4.79 Å². The maximum absolute atomic E-state index is 12.0. The molecule has 1 aromatic carbocycles. The smallest absolute Gasteiger partial charge is 0.155 e. The van der Waals surface area contributed by atoms with E-state index < -0.39 is 0 Å². The van der Waals surface area contributed by atoms with E-state index in [0.717, 1.165) is 18.4 Å². The monoisotopic (exact) mass is 298 g/mol. The van der Waals surface area contributed by atoms with Crippen LogP contribution >= 0.6 is 0 Å². The Balaban J connectivity index is 2.81. The molecule has 0 fully saturated rings. The molecule has 3 atom stereocenters. The third-order valence-electron chi connectivity index (χ3n) is 6.23. The van der Waals surface area contributed by atoms with Gasteiger partial charge in [0.25, 0.3) is 0 Å². The Morgan fingerprint density at radius 1 is 0.909 bits per heavy atom. The van der Waals surface area contributed by atoms with Crippen molar-refractivity contribution in [3.8, 4) is 0 Å². The van der Waals surface area contributed by atoms with Gasteiger partial charge in [0.15, 0.2) is 5.78 Å². The molecule has 3 unspecified atom stereocenters. The van der Waals surface area contributed by atoms with Crippen LogP contribution in [0.2, 0.25) is 0 Å². The summed E-state index contributed by atoms with van der Waals surface area (Å²) in [7, 11) is 0. The molecular formula is C21H30O. The summed E-state index contributed by atoms with van der Waals surface area (Å²) < 4.78 is 0. The van der Waals surface area contributed by atoms with E-state index in [9.17, 15) is 4.79 Å². The fraction of sp³-hybridized carbons (Fsp3) is 0.571. The molecule has 0 heterocycles. The molecule has 1 aliphatic rings. The van der Waals surface area contributed by atoms with Crippen molar-refractivity contribution >= 4 is 5.78 Å². The van der Waals surface area contributed by atoms with Gasteiger partial charge in [0, 0.05) is 5.92 Å². The second kappa shape index (κ2) is 6.02. The molecule has 0 amide bonds. The Bertz CT molecular complexity index is 636. The molecule has 1 aliphatic carbocycles. The summed E-state index contributed by atoms with van der Waals surface area (Å²) in [5.74, 6) is 1.51. The van der Waals surface area contributed by atoms with Gasteiger partial charge in [0.05, 0.1) is 0 Å². The number of carbonyl (C=O) groups is 1. The lowest BCUT2D eigenvalue weighted by Crippen LogP contribution is -2.14. The SMILES string of the molecule is C=C(C(C)=O)C1CCC(C)C(C)c2c(C)c(C)c(C)c(C)c21. The molecule has 0 aromatic heterocycles. The Kier molecular flexibility index (Phi) is 4.65. The second-order valence-electron chi connectivity index (χ2n) is 7.30. The van der Waals surface area contributed by atoms with Gasteiger partial charge in [-0.25, -0.2) is 0 Å². The molecule has 22 heavy (non-hydrogen) atoms. The van der Waals surface area contributed by atoms with Crippen molar-refractivity contribution in [1.82, 2.24) is 0 Å². The predicted molar refractivity (Wildman–Crippen MR) is 94.8 cm³/mol. The van der Waals surface area contributed by atoms with Gasteiger partial charge >= 0.3 is 0 Å². The van der Waals surface area contributed by atoms with E-state index in [-0.39, 0.29) is 11.7 Å². The maximum atomic E-state index is 12.0. The summed E-state index contributed by atoms with van der Waals surface area (Å²) >= 11 is 0. The molecule has 0 aliphatic heterocycles. The van der Waals surface area contributed by atoms with E-state index in [2.05, 4.69) is 48.1 Å². The number of fused-ring (bicyclic) bond motifs is 1. The predicted octanol–water partition coefficient (Wildman–Crippen LogP) is 5.68. The number of ketones is 1. The second-order valence-corrected chi connectivity index (χ2v) is 7.30. The first kappa shape index (κ1) is 17.0. The molecule has 2 rings (SSSR count). The standard InChI is InChI=1S/C21H30O/c1-11-9-10-19(17(7)18(8)22)21-16(6)14(4)13(3)15(5)20(21)12(11)2/h11-12,19H,7,9-10H2,1-6,8H3. The highest BCUT2D eigenvalue weighted by molar-refractivity contribution is 5.94. The molecule has 0 bridgehead atoms. The van der Waals surface area contributed by atoms with Gasteiger partial charge < -0.3 is 0 Å². The van der Waals surface area contributed by atoms with Crippen LogP contribution in [0.25, 0.3) is 0 Å². The number of hydrogen-bond donors (Lipinski definition) is 0. The summed E-state index contributed by atoms with van der Waals surface area (Å²) in [5, 5.41) is 0. The zero-order valence-corrected chi connectivity index (χ0v) is 15.3. The summed E-state index contributed by atoms with van der Waals surface area (Å²) in [5.41, 5.74) is 9.24. The Morgan fingerprint density at radius 2 is 1.41 bits per heavy atom. The van der Waals surface area contributed by atoms with Crippen LogP contribution in [0, 0.1) is 33.6 Å². The van der Waals surface area contributed by atoms with Crippen LogP contribution in [0.5, 0.6) is 0 Å². The highest BCUT2D eigenvalue weighted by Gasteiger charge is 2.33. The van der Waals surface area contributed by atoms with E-state index in [1.165, 1.54) is 33.4 Å². The van der Waals surface area contributed by atoms with Crippen LogP contribution < -0.4 is 0 Å². The van der Waals surface area contributed by atoms with Crippen LogP contribution in [0.15, 0.2) is 12.2 Å². The van der Waals surface area contributed by atoms with Gasteiger partial charge in [0.1, 0.15) is 0 Å². The highest BCUT2D eigenvalue weighted by atomic mass is 16.1. The zero-order valence-electron chi connectivity index (χ0n) is 15.3. The molecule has 1 nitrogen and oxygen atoms in total. The van der Waals surface area contributed by atoms with E-state index >= 15 is 0 Å². The fourth-order valence-corrected chi connectivity index (χ4v) is 4.11. The molecule has 120 valence electrons. The lowest BCUT2D eigenvalue weighted by molar-refractivity contribution is -0.113. The van der Waals surface area contributed by atoms with Crippen LogP contribution in [0.4, 0.5) is 0 Å². The average molecular weight is 298 g/mol. The minimum Gasteiger partial charge on any atom is -0.295 e. The summed E-state index contributed by atoms with van der Waals surface area (Å²) in [6.45, 7) is 19.4. The van der Waals surface area contributed by atoms with Gasteiger partial charge in [0.2, 0.25) is 0 Å². The van der Waals surface area contributed by atoms with Crippen molar-refractivity contribution in [3.63, 3.8) is 0 Å². The average Bonchev–Trinajstić information content (AvgIpc) is 2.60. The summed E-state index contributed by atoms with van der Waals surface area (Å²) in [6, 6.07) is 0. The third kappa shape index (κ3) is 2.55. The maximum Gasteiger partial charge on any atom is 0.155 e. The molecule has 0 radical (unpaired) electrons. The lowest BCUT2D eigenvalue weighted by Gasteiger charge is -2.28. The van der Waals surface area contributed by atoms with E-state index in [4.69, 9.17) is 0 Å². The third-order valence-corrected chi connectivity index (χ3v) is 6.23. The van der Waals surface area contributed by atoms with Gasteiger partial charge in [-0.2, -0.15) is 0 Å². The fourth-order valence-electron chi connectivity index (χ4n) is 4.11. The Labute approximate surface area is 135 Å². The summed E-state index contributed by atoms with van der Waals surface area (Å²) in [4.78, 5) is 12.0. The Morgan fingerprint density at radius 3 is 1.91 bits per heavy atom. The molecule has 1 aromatic rings. The first-order valence-corrected chi connectivity index (χ1v) is 8.48. The number of hydrogen-bond acceptors (Lipinski definition) is 1. The Hall–Kier alpha value is -1.37.